The lowest BCUT2D eigenvalue weighted by Gasteiger charge is -1.80. The van der Waals surface area contributed by atoms with Crippen molar-refractivity contribution in [2.45, 2.75) is 6.92 Å². The van der Waals surface area contributed by atoms with Crippen LogP contribution in [0.1, 0.15) is 6.92 Å². The van der Waals surface area contributed by atoms with E-state index in [2.05, 4.69) is 0 Å². The second-order valence-corrected chi connectivity index (χ2v) is 3.20. The van der Waals surface area contributed by atoms with Crippen LogP contribution in [-0.4, -0.2) is 14.7 Å². The van der Waals surface area contributed by atoms with Crippen molar-refractivity contribution in [3.8, 4) is 0 Å². The summed E-state index contributed by atoms with van der Waals surface area (Å²) in [4.78, 5) is 0. The third-order valence-electron chi connectivity index (χ3n) is 0.428. The molecule has 6 heavy (non-hydrogen) atoms. The Morgan fingerprint density at radius 3 is 1.67 bits per heavy atom. The topological polar surface area (TPSA) is 34.1 Å². The smallest absolute Gasteiger partial charge is 0.151 e. The fourth-order valence-corrected chi connectivity index (χ4v) is 0. The summed E-state index contributed by atoms with van der Waals surface area (Å²) in [5.41, 5.74) is 0. The lowest BCUT2D eigenvalue weighted by molar-refractivity contribution is 0.607. The third kappa shape index (κ3) is 3.95. The molecule has 0 aromatic heterocycles. The van der Waals surface area contributed by atoms with Crippen molar-refractivity contribution in [1.82, 2.24) is 0 Å². The van der Waals surface area contributed by atoms with E-state index in [1.165, 1.54) is 6.92 Å². The maximum atomic E-state index is 9.94. The van der Waals surface area contributed by atoms with Crippen LogP contribution in [0.25, 0.3) is 0 Å². The average Bonchev–Trinajstić information content (AvgIpc) is 1.35. The van der Waals surface area contributed by atoms with Gasteiger partial charge in [-0.25, -0.2) is 8.42 Å². The first-order valence-corrected chi connectivity index (χ1v) is 3.51. The van der Waals surface area contributed by atoms with Crippen molar-refractivity contribution in [2.24, 2.45) is 0 Å². The molecule has 0 saturated carbocycles. The van der Waals surface area contributed by atoms with Gasteiger partial charge >= 0.3 is 0 Å². The van der Waals surface area contributed by atoms with Gasteiger partial charge in [0.05, 0.1) is 5.75 Å². The van der Waals surface area contributed by atoms with Crippen LogP contribution in [0.5, 0.6) is 0 Å². The van der Waals surface area contributed by atoms with Crippen molar-refractivity contribution < 1.29 is 8.42 Å². The molecule has 0 amide bonds. The van der Waals surface area contributed by atoms with E-state index < -0.39 is 9.84 Å². The molecule has 1 radical (unpaired) electrons. The van der Waals surface area contributed by atoms with Crippen molar-refractivity contribution in [3.63, 3.8) is 0 Å². The predicted octanol–water partition coefficient (Wildman–Crippen LogP) is 0.213. The monoisotopic (exact) mass is 107 g/mol. The molecule has 0 atom stereocenters. The highest BCUT2D eigenvalue weighted by Gasteiger charge is 1.91. The number of sulfone groups is 1. The van der Waals surface area contributed by atoms with Gasteiger partial charge in [0.15, 0.2) is 9.84 Å². The first-order valence-electron chi connectivity index (χ1n) is 1.55. The molecule has 0 heterocycles. The molecule has 0 aromatic rings. The zero-order valence-electron chi connectivity index (χ0n) is 3.80. The van der Waals surface area contributed by atoms with Crippen molar-refractivity contribution in [2.75, 3.05) is 6.26 Å². The summed E-state index contributed by atoms with van der Waals surface area (Å²) in [6.45, 7) is 1.50. The highest BCUT2D eigenvalue weighted by atomic mass is 32.2. The highest BCUT2D eigenvalue weighted by Crippen LogP contribution is 1.83. The van der Waals surface area contributed by atoms with Crippen LogP contribution in [0.3, 0.4) is 0 Å². The molecule has 0 N–H and O–H groups in total. The fraction of sp³-hybridized carbons (Fsp3) is 0.667. The second kappa shape index (κ2) is 1.60. The normalized spacial score (nSPS) is 11.7. The van der Waals surface area contributed by atoms with Crippen molar-refractivity contribution in [1.29, 1.82) is 0 Å². The lowest BCUT2D eigenvalue weighted by atomic mass is 11.0. The Balaban J connectivity index is 3.85. The molecule has 0 aliphatic carbocycles. The molecule has 0 spiro atoms. The molecule has 0 unspecified atom stereocenters. The zero-order valence-corrected chi connectivity index (χ0v) is 4.62. The van der Waals surface area contributed by atoms with E-state index >= 15 is 0 Å². The Bertz CT molecular complexity index is 111. The van der Waals surface area contributed by atoms with Crippen LogP contribution in [-0.2, 0) is 9.84 Å². The Labute approximate surface area is 38.1 Å². The molecule has 37 valence electrons. The van der Waals surface area contributed by atoms with Gasteiger partial charge in [-0.15, -0.1) is 0 Å². The molecule has 3 heteroatoms. The first-order chi connectivity index (χ1) is 2.56. The van der Waals surface area contributed by atoms with Gasteiger partial charge in [-0.2, -0.15) is 0 Å². The molecular formula is C3H7O2S. The fourth-order valence-electron chi connectivity index (χ4n) is 0. The molecule has 0 bridgehead atoms. The lowest BCUT2D eigenvalue weighted by Crippen LogP contribution is -1.90. The molecule has 0 rings (SSSR count). The van der Waals surface area contributed by atoms with Gasteiger partial charge in [-0.05, 0) is 6.92 Å². The van der Waals surface area contributed by atoms with E-state index in [0.29, 0.717) is 0 Å². The maximum absolute atomic E-state index is 9.94. The van der Waals surface area contributed by atoms with Gasteiger partial charge < -0.3 is 0 Å². The first kappa shape index (κ1) is 5.95. The van der Waals surface area contributed by atoms with E-state index in [4.69, 9.17) is 0 Å². The number of hydrogen-bond acceptors (Lipinski definition) is 2. The minimum Gasteiger partial charge on any atom is -0.229 e. The Morgan fingerprint density at radius 1 is 1.50 bits per heavy atom. The minimum atomic E-state index is -2.79. The van der Waals surface area contributed by atoms with E-state index in [0.717, 1.165) is 12.0 Å². The Hall–Kier alpha value is -0.0500. The average molecular weight is 107 g/mol. The van der Waals surface area contributed by atoms with Gasteiger partial charge in [0.25, 0.3) is 0 Å². The molecule has 0 aliphatic rings. The third-order valence-corrected chi connectivity index (χ3v) is 1.28. The van der Waals surface area contributed by atoms with E-state index in [9.17, 15) is 8.42 Å². The maximum Gasteiger partial charge on any atom is 0.151 e. The molecule has 0 aromatic carbocycles. The van der Waals surface area contributed by atoms with Crippen LogP contribution in [0.4, 0.5) is 0 Å². The Morgan fingerprint density at radius 2 is 1.67 bits per heavy atom. The number of hydrogen-bond donors (Lipinski definition) is 0. The molecule has 0 aliphatic heterocycles. The zero-order chi connectivity index (χ0) is 5.21. The molecule has 0 fully saturated rings. The molecule has 0 saturated heterocycles. The van der Waals surface area contributed by atoms with Crippen LogP contribution in [0.2, 0.25) is 0 Å². The van der Waals surface area contributed by atoms with Gasteiger partial charge in [0.1, 0.15) is 0 Å². The summed E-state index contributed by atoms with van der Waals surface area (Å²) in [7, 11) is -2.79. The summed E-state index contributed by atoms with van der Waals surface area (Å²) in [6, 6.07) is 0. The van der Waals surface area contributed by atoms with E-state index in [-0.39, 0.29) is 0 Å². The Kier molecular flexibility index (Phi) is 1.59. The van der Waals surface area contributed by atoms with Gasteiger partial charge in [-0.3, -0.25) is 0 Å². The SMILES string of the molecule is C[CH]S(C)(=O)=O. The molecule has 2 nitrogen and oxygen atoms in total. The quantitative estimate of drug-likeness (QED) is 0.480. The highest BCUT2D eigenvalue weighted by molar-refractivity contribution is 7.92. The van der Waals surface area contributed by atoms with E-state index in [1.54, 1.807) is 0 Å². The van der Waals surface area contributed by atoms with Crippen molar-refractivity contribution >= 4 is 9.84 Å². The predicted molar refractivity (Wildman–Crippen MR) is 24.8 cm³/mol. The van der Waals surface area contributed by atoms with Gasteiger partial charge in [-0.1, -0.05) is 0 Å². The summed E-state index contributed by atoms with van der Waals surface area (Å²) in [5, 5.41) is 0. The number of rotatable bonds is 1. The largest absolute Gasteiger partial charge is 0.229 e. The summed E-state index contributed by atoms with van der Waals surface area (Å²) in [5.74, 6) is 1.16. The minimum absolute atomic E-state index is 1.16. The molecular weight excluding hydrogens is 100 g/mol. The van der Waals surface area contributed by atoms with Crippen molar-refractivity contribution in [3.05, 3.63) is 5.75 Å². The summed E-state index contributed by atoms with van der Waals surface area (Å²) < 4.78 is 19.9. The van der Waals surface area contributed by atoms with E-state index in [1.807, 2.05) is 0 Å². The second-order valence-electron chi connectivity index (χ2n) is 1.07. The standard InChI is InChI=1S/C3H7O2S/c1-3-6(2,4)5/h3H,1-2H3. The summed E-state index contributed by atoms with van der Waals surface area (Å²) in [6.07, 6.45) is 1.16. The summed E-state index contributed by atoms with van der Waals surface area (Å²) >= 11 is 0. The van der Waals surface area contributed by atoms with Crippen LogP contribution in [0.15, 0.2) is 0 Å². The van der Waals surface area contributed by atoms with Crippen LogP contribution >= 0.6 is 0 Å². The van der Waals surface area contributed by atoms with Gasteiger partial charge in [0, 0.05) is 6.26 Å². The van der Waals surface area contributed by atoms with Gasteiger partial charge in [0.2, 0.25) is 0 Å². The van der Waals surface area contributed by atoms with Crippen LogP contribution in [0, 0.1) is 5.75 Å². The van der Waals surface area contributed by atoms with Crippen LogP contribution < -0.4 is 0 Å².